The van der Waals surface area contributed by atoms with Crippen LogP contribution in [0.15, 0.2) is 42.5 Å². The van der Waals surface area contributed by atoms with E-state index in [0.29, 0.717) is 11.0 Å². The summed E-state index contributed by atoms with van der Waals surface area (Å²) in [4.78, 5) is 0. The van der Waals surface area contributed by atoms with Crippen LogP contribution < -0.4 is 10.2 Å². The lowest BCUT2D eigenvalue weighted by Crippen LogP contribution is -2.24. The summed E-state index contributed by atoms with van der Waals surface area (Å²) in [7, 11) is -0.0511. The van der Waals surface area contributed by atoms with Crippen LogP contribution in [0.5, 0.6) is 5.75 Å². The minimum atomic E-state index is -4.37. The molecule has 3 rings (SSSR count). The molecule has 1 heterocycles. The molecule has 1 unspecified atom stereocenters. The van der Waals surface area contributed by atoms with Gasteiger partial charge in [-0.15, -0.1) is 0 Å². The molecule has 0 bridgehead atoms. The second-order valence-electron chi connectivity index (χ2n) is 5.34. The maximum absolute atomic E-state index is 12.9. The molecule has 0 radical (unpaired) electrons. The molecule has 3 nitrogen and oxygen atoms in total. The molecule has 0 fully saturated rings. The van der Waals surface area contributed by atoms with E-state index >= 15 is 0 Å². The second kappa shape index (κ2) is 6.25. The van der Waals surface area contributed by atoms with E-state index in [0.717, 1.165) is 5.56 Å². The summed E-state index contributed by atoms with van der Waals surface area (Å²) >= 11 is 0. The van der Waals surface area contributed by atoms with Gasteiger partial charge in [0.1, 0.15) is 12.4 Å². The summed E-state index contributed by atoms with van der Waals surface area (Å²) in [5, 5.41) is 9.66. The van der Waals surface area contributed by atoms with Crippen molar-refractivity contribution in [1.82, 2.24) is 0 Å². The van der Waals surface area contributed by atoms with E-state index in [1.165, 1.54) is 6.07 Å². The standard InChI is InChI=1S/C16H14BF3O3/c18-16(19,20)8-12-13(22-9-10-4-2-1-3-5-10)7-6-11-14(12)17-23-15(11)21/h1-7,15,17,21H,8-9H2. The average Bonchev–Trinajstić information content (AvgIpc) is 2.88. The Labute approximate surface area is 131 Å². The van der Waals surface area contributed by atoms with E-state index in [1.807, 2.05) is 30.3 Å². The molecular formula is C16H14BF3O3. The van der Waals surface area contributed by atoms with Crippen LogP contribution in [0.1, 0.15) is 23.0 Å². The third-order valence-corrected chi connectivity index (χ3v) is 3.69. The molecule has 120 valence electrons. The molecular weight excluding hydrogens is 308 g/mol. The molecule has 2 aromatic rings. The quantitative estimate of drug-likeness (QED) is 0.879. The van der Waals surface area contributed by atoms with Crippen molar-refractivity contribution in [2.45, 2.75) is 25.5 Å². The highest BCUT2D eigenvalue weighted by Crippen LogP contribution is 2.31. The summed E-state index contributed by atoms with van der Waals surface area (Å²) < 4.78 is 49.3. The van der Waals surface area contributed by atoms with Crippen molar-refractivity contribution < 1.29 is 27.7 Å². The monoisotopic (exact) mass is 322 g/mol. The lowest BCUT2D eigenvalue weighted by atomic mass is 9.81. The van der Waals surface area contributed by atoms with E-state index < -0.39 is 18.9 Å². The second-order valence-corrected chi connectivity index (χ2v) is 5.34. The number of aliphatic hydroxyl groups excluding tert-OH is 1. The van der Waals surface area contributed by atoms with Gasteiger partial charge in [0.15, 0.2) is 6.29 Å². The predicted octanol–water partition coefficient (Wildman–Crippen LogP) is 2.37. The van der Waals surface area contributed by atoms with Gasteiger partial charge in [-0.3, -0.25) is 0 Å². The van der Waals surface area contributed by atoms with E-state index in [2.05, 4.69) is 0 Å². The molecule has 1 aliphatic rings. The molecule has 0 aliphatic carbocycles. The molecule has 23 heavy (non-hydrogen) atoms. The van der Waals surface area contributed by atoms with Gasteiger partial charge in [-0.25, -0.2) is 0 Å². The molecule has 1 aliphatic heterocycles. The number of halogens is 3. The summed E-state index contributed by atoms with van der Waals surface area (Å²) in [5.74, 6) is 0.169. The Bertz CT molecular complexity index is 689. The van der Waals surface area contributed by atoms with Gasteiger partial charge >= 0.3 is 13.7 Å². The molecule has 0 spiro atoms. The maximum Gasteiger partial charge on any atom is 0.393 e. The number of hydrogen-bond acceptors (Lipinski definition) is 3. The zero-order valence-corrected chi connectivity index (χ0v) is 12.1. The smallest absolute Gasteiger partial charge is 0.393 e. The normalized spacial score (nSPS) is 16.8. The number of benzene rings is 2. The summed E-state index contributed by atoms with van der Waals surface area (Å²) in [6.45, 7) is 0.174. The molecule has 0 amide bonds. The number of aliphatic hydroxyl groups is 1. The Morgan fingerprint density at radius 3 is 2.57 bits per heavy atom. The predicted molar refractivity (Wildman–Crippen MR) is 79.8 cm³/mol. The van der Waals surface area contributed by atoms with Gasteiger partial charge in [0.05, 0.1) is 6.42 Å². The lowest BCUT2D eigenvalue weighted by Gasteiger charge is -2.17. The average molecular weight is 322 g/mol. The zero-order valence-electron chi connectivity index (χ0n) is 12.1. The minimum absolute atomic E-state index is 0.0301. The van der Waals surface area contributed by atoms with Gasteiger partial charge in [-0.1, -0.05) is 36.4 Å². The van der Waals surface area contributed by atoms with Crippen LogP contribution in [0.3, 0.4) is 0 Å². The number of fused-ring (bicyclic) bond motifs is 1. The van der Waals surface area contributed by atoms with Crippen molar-refractivity contribution in [1.29, 1.82) is 0 Å². The van der Waals surface area contributed by atoms with Crippen LogP contribution >= 0.6 is 0 Å². The molecule has 0 aromatic heterocycles. The van der Waals surface area contributed by atoms with E-state index in [4.69, 9.17) is 9.39 Å². The Morgan fingerprint density at radius 2 is 1.87 bits per heavy atom. The van der Waals surface area contributed by atoms with Crippen molar-refractivity contribution in [2.75, 3.05) is 0 Å². The lowest BCUT2D eigenvalue weighted by molar-refractivity contribution is -0.127. The van der Waals surface area contributed by atoms with Crippen LogP contribution in [-0.2, 0) is 17.7 Å². The fraction of sp³-hybridized carbons (Fsp3) is 0.250. The Balaban J connectivity index is 1.90. The molecule has 1 atom stereocenters. The topological polar surface area (TPSA) is 38.7 Å². The van der Waals surface area contributed by atoms with E-state index in [-0.39, 0.29) is 25.4 Å². The molecule has 2 aromatic carbocycles. The number of alkyl halides is 3. The SMILES string of the molecule is OC1OBc2c1ccc(OCc1ccccc1)c2CC(F)(F)F. The third kappa shape index (κ3) is 3.68. The highest BCUT2D eigenvalue weighted by molar-refractivity contribution is 6.50. The maximum atomic E-state index is 12.9. The van der Waals surface area contributed by atoms with Gasteiger partial charge < -0.3 is 14.5 Å². The van der Waals surface area contributed by atoms with Crippen molar-refractivity contribution in [3.8, 4) is 5.75 Å². The van der Waals surface area contributed by atoms with Crippen LogP contribution in [0, 0.1) is 0 Å². The van der Waals surface area contributed by atoms with Crippen LogP contribution in [0.25, 0.3) is 0 Å². The van der Waals surface area contributed by atoms with Crippen molar-refractivity contribution in [2.24, 2.45) is 0 Å². The molecule has 0 saturated carbocycles. The first kappa shape index (κ1) is 15.9. The van der Waals surface area contributed by atoms with Gasteiger partial charge in [0, 0.05) is 11.1 Å². The fourth-order valence-electron chi connectivity index (χ4n) is 2.61. The first-order valence-corrected chi connectivity index (χ1v) is 7.12. The third-order valence-electron chi connectivity index (χ3n) is 3.69. The van der Waals surface area contributed by atoms with Crippen molar-refractivity contribution >= 4 is 12.9 Å². The van der Waals surface area contributed by atoms with Gasteiger partial charge in [-0.2, -0.15) is 13.2 Å². The van der Waals surface area contributed by atoms with Crippen LogP contribution in [0.2, 0.25) is 0 Å². The number of ether oxygens (including phenoxy) is 1. The highest BCUT2D eigenvalue weighted by Gasteiger charge is 2.34. The first-order chi connectivity index (χ1) is 10.9. The fourth-order valence-corrected chi connectivity index (χ4v) is 2.61. The van der Waals surface area contributed by atoms with Crippen molar-refractivity contribution in [3.05, 3.63) is 59.2 Å². The largest absolute Gasteiger partial charge is 0.489 e. The Kier molecular flexibility index (Phi) is 4.32. The van der Waals surface area contributed by atoms with Gasteiger partial charge in [0.2, 0.25) is 0 Å². The van der Waals surface area contributed by atoms with E-state index in [9.17, 15) is 18.3 Å². The minimum Gasteiger partial charge on any atom is -0.489 e. The van der Waals surface area contributed by atoms with Crippen LogP contribution in [0.4, 0.5) is 13.2 Å². The number of rotatable bonds is 4. The van der Waals surface area contributed by atoms with E-state index in [1.54, 1.807) is 6.07 Å². The Morgan fingerprint density at radius 1 is 1.13 bits per heavy atom. The molecule has 0 saturated heterocycles. The van der Waals surface area contributed by atoms with Gasteiger partial charge in [0.25, 0.3) is 0 Å². The van der Waals surface area contributed by atoms with Crippen molar-refractivity contribution in [3.63, 3.8) is 0 Å². The summed E-state index contributed by atoms with van der Waals surface area (Å²) in [5.41, 5.74) is 1.63. The molecule has 1 N–H and O–H groups in total. The summed E-state index contributed by atoms with van der Waals surface area (Å²) in [6, 6.07) is 12.2. The van der Waals surface area contributed by atoms with Gasteiger partial charge in [-0.05, 0) is 17.1 Å². The summed E-state index contributed by atoms with van der Waals surface area (Å²) in [6.07, 6.45) is -6.66. The highest BCUT2D eigenvalue weighted by atomic mass is 19.4. The first-order valence-electron chi connectivity index (χ1n) is 7.12. The molecule has 7 heteroatoms. The van der Waals surface area contributed by atoms with Crippen LogP contribution in [-0.4, -0.2) is 18.8 Å². The zero-order chi connectivity index (χ0) is 16.4. The Hall–Kier alpha value is -1.99. The number of hydrogen-bond donors (Lipinski definition) is 1.